The molecule has 4 nitrogen and oxygen atoms in total. The molecule has 1 amide bonds. The Morgan fingerprint density at radius 3 is 3.00 bits per heavy atom. The number of carbonyl (C=O) groups excluding carboxylic acids is 1. The highest BCUT2D eigenvalue weighted by molar-refractivity contribution is 5.69. The number of rotatable bonds is 5. The second-order valence-corrected chi connectivity index (χ2v) is 3.43. The van der Waals surface area contributed by atoms with E-state index in [1.807, 2.05) is 7.05 Å². The summed E-state index contributed by atoms with van der Waals surface area (Å²) < 4.78 is 4.82. The Labute approximate surface area is 79.2 Å². The highest BCUT2D eigenvalue weighted by atomic mass is 16.6. The van der Waals surface area contributed by atoms with Crippen LogP contribution in [0.1, 0.15) is 19.8 Å². The van der Waals surface area contributed by atoms with E-state index in [4.69, 9.17) is 4.74 Å². The molecule has 1 fully saturated rings. The van der Waals surface area contributed by atoms with Crippen LogP contribution in [0.15, 0.2) is 0 Å². The third kappa shape index (κ3) is 3.22. The maximum absolute atomic E-state index is 11.0. The van der Waals surface area contributed by atoms with Gasteiger partial charge < -0.3 is 15.0 Å². The molecule has 0 aromatic carbocycles. The summed E-state index contributed by atoms with van der Waals surface area (Å²) in [7, 11) is 1.95. The SMILES string of the molecule is CNC(C)CCCN1CCOC1=O. The van der Waals surface area contributed by atoms with E-state index in [-0.39, 0.29) is 6.09 Å². The molecule has 1 aliphatic rings. The first-order chi connectivity index (χ1) is 6.24. The smallest absolute Gasteiger partial charge is 0.409 e. The Morgan fingerprint density at radius 1 is 1.69 bits per heavy atom. The summed E-state index contributed by atoms with van der Waals surface area (Å²) >= 11 is 0. The third-order valence-corrected chi connectivity index (χ3v) is 2.40. The van der Waals surface area contributed by atoms with E-state index < -0.39 is 0 Å². The van der Waals surface area contributed by atoms with Crippen molar-refractivity contribution in [3.05, 3.63) is 0 Å². The number of nitrogens with zero attached hydrogens (tertiary/aromatic N) is 1. The van der Waals surface area contributed by atoms with Crippen LogP contribution in [0.25, 0.3) is 0 Å². The molecule has 1 saturated heterocycles. The van der Waals surface area contributed by atoms with E-state index >= 15 is 0 Å². The minimum Gasteiger partial charge on any atom is -0.448 e. The van der Waals surface area contributed by atoms with Crippen molar-refractivity contribution >= 4 is 6.09 Å². The first kappa shape index (κ1) is 10.3. The normalized spacial score (nSPS) is 18.9. The van der Waals surface area contributed by atoms with Gasteiger partial charge >= 0.3 is 6.09 Å². The second-order valence-electron chi connectivity index (χ2n) is 3.43. The zero-order chi connectivity index (χ0) is 9.68. The van der Waals surface area contributed by atoms with Gasteiger partial charge in [-0.3, -0.25) is 0 Å². The lowest BCUT2D eigenvalue weighted by Crippen LogP contribution is -2.27. The molecule has 1 unspecified atom stereocenters. The van der Waals surface area contributed by atoms with Gasteiger partial charge in [0.1, 0.15) is 6.61 Å². The monoisotopic (exact) mass is 186 g/mol. The lowest BCUT2D eigenvalue weighted by atomic mass is 10.2. The standard InChI is InChI=1S/C9H18N2O2/c1-8(10-2)4-3-5-11-6-7-13-9(11)12/h8,10H,3-7H2,1-2H3. The molecule has 1 heterocycles. The van der Waals surface area contributed by atoms with Gasteiger partial charge in [0.2, 0.25) is 0 Å². The lowest BCUT2D eigenvalue weighted by molar-refractivity contribution is 0.158. The average molecular weight is 186 g/mol. The molecular formula is C9H18N2O2. The van der Waals surface area contributed by atoms with Gasteiger partial charge in [-0.05, 0) is 26.8 Å². The highest BCUT2D eigenvalue weighted by Gasteiger charge is 2.20. The van der Waals surface area contributed by atoms with Crippen LogP contribution in [-0.4, -0.2) is 43.8 Å². The minimum atomic E-state index is -0.155. The van der Waals surface area contributed by atoms with E-state index in [0.717, 1.165) is 25.9 Å². The van der Waals surface area contributed by atoms with Crippen LogP contribution in [0, 0.1) is 0 Å². The Bertz CT molecular complexity index is 173. The summed E-state index contributed by atoms with van der Waals surface area (Å²) in [5.74, 6) is 0. The van der Waals surface area contributed by atoms with Crippen molar-refractivity contribution in [3.8, 4) is 0 Å². The van der Waals surface area contributed by atoms with E-state index in [1.54, 1.807) is 4.90 Å². The summed E-state index contributed by atoms with van der Waals surface area (Å²) in [6.45, 7) is 4.28. The van der Waals surface area contributed by atoms with E-state index in [9.17, 15) is 4.79 Å². The fourth-order valence-electron chi connectivity index (χ4n) is 1.36. The lowest BCUT2D eigenvalue weighted by Gasteiger charge is -2.14. The van der Waals surface area contributed by atoms with Gasteiger partial charge in [-0.2, -0.15) is 0 Å². The highest BCUT2D eigenvalue weighted by Crippen LogP contribution is 2.05. The molecule has 0 saturated carbocycles. The molecule has 4 heteroatoms. The van der Waals surface area contributed by atoms with Crippen LogP contribution >= 0.6 is 0 Å². The topological polar surface area (TPSA) is 41.6 Å². The zero-order valence-electron chi connectivity index (χ0n) is 8.38. The number of ether oxygens (including phenoxy) is 1. The summed E-state index contributed by atoms with van der Waals surface area (Å²) in [6.07, 6.45) is 1.98. The molecule has 0 bridgehead atoms. The summed E-state index contributed by atoms with van der Waals surface area (Å²) in [6, 6.07) is 0.527. The van der Waals surface area contributed by atoms with Gasteiger partial charge in [0.15, 0.2) is 0 Å². The van der Waals surface area contributed by atoms with Gasteiger partial charge in [-0.25, -0.2) is 4.79 Å². The number of amides is 1. The molecule has 0 aliphatic carbocycles. The molecular weight excluding hydrogens is 168 g/mol. The molecule has 76 valence electrons. The minimum absolute atomic E-state index is 0.155. The van der Waals surface area contributed by atoms with Crippen LogP contribution < -0.4 is 5.32 Å². The molecule has 1 aliphatic heterocycles. The van der Waals surface area contributed by atoms with Gasteiger partial charge in [-0.15, -0.1) is 0 Å². The van der Waals surface area contributed by atoms with Gasteiger partial charge in [0.25, 0.3) is 0 Å². The summed E-state index contributed by atoms with van der Waals surface area (Å²) in [4.78, 5) is 12.8. The maximum atomic E-state index is 11.0. The van der Waals surface area contributed by atoms with Crippen molar-refractivity contribution in [2.75, 3.05) is 26.7 Å². The van der Waals surface area contributed by atoms with E-state index in [2.05, 4.69) is 12.2 Å². The summed E-state index contributed by atoms with van der Waals surface area (Å²) in [5, 5.41) is 3.17. The molecule has 13 heavy (non-hydrogen) atoms. The van der Waals surface area contributed by atoms with Crippen molar-refractivity contribution in [2.45, 2.75) is 25.8 Å². The van der Waals surface area contributed by atoms with Crippen LogP contribution in [0.2, 0.25) is 0 Å². The molecule has 0 spiro atoms. The quantitative estimate of drug-likeness (QED) is 0.691. The van der Waals surface area contributed by atoms with Crippen molar-refractivity contribution in [3.63, 3.8) is 0 Å². The number of hydrogen-bond donors (Lipinski definition) is 1. The van der Waals surface area contributed by atoms with Gasteiger partial charge in [0.05, 0.1) is 6.54 Å². The Kier molecular flexibility index (Phi) is 4.02. The summed E-state index contributed by atoms with van der Waals surface area (Å²) in [5.41, 5.74) is 0. The number of hydrogen-bond acceptors (Lipinski definition) is 3. The Balaban J connectivity index is 2.08. The largest absolute Gasteiger partial charge is 0.448 e. The first-order valence-corrected chi connectivity index (χ1v) is 4.83. The third-order valence-electron chi connectivity index (χ3n) is 2.40. The molecule has 1 atom stereocenters. The van der Waals surface area contributed by atoms with Crippen LogP contribution in [0.5, 0.6) is 0 Å². The first-order valence-electron chi connectivity index (χ1n) is 4.83. The van der Waals surface area contributed by atoms with E-state index in [1.165, 1.54) is 0 Å². The van der Waals surface area contributed by atoms with Crippen LogP contribution in [0.3, 0.4) is 0 Å². The van der Waals surface area contributed by atoms with Crippen molar-refractivity contribution in [1.29, 1.82) is 0 Å². The van der Waals surface area contributed by atoms with Crippen molar-refractivity contribution in [1.82, 2.24) is 10.2 Å². The molecule has 1 rings (SSSR count). The van der Waals surface area contributed by atoms with Crippen molar-refractivity contribution in [2.24, 2.45) is 0 Å². The Hall–Kier alpha value is -0.770. The van der Waals surface area contributed by atoms with Crippen LogP contribution in [0.4, 0.5) is 4.79 Å². The molecule has 0 radical (unpaired) electrons. The molecule has 0 aromatic rings. The van der Waals surface area contributed by atoms with E-state index in [0.29, 0.717) is 12.6 Å². The predicted molar refractivity (Wildman–Crippen MR) is 50.7 cm³/mol. The fraction of sp³-hybridized carbons (Fsp3) is 0.889. The number of carbonyl (C=O) groups is 1. The average Bonchev–Trinajstić information content (AvgIpc) is 2.52. The maximum Gasteiger partial charge on any atom is 0.409 e. The van der Waals surface area contributed by atoms with Gasteiger partial charge in [0, 0.05) is 12.6 Å². The Morgan fingerprint density at radius 2 is 2.46 bits per heavy atom. The second kappa shape index (κ2) is 5.07. The zero-order valence-corrected chi connectivity index (χ0v) is 8.38. The fourth-order valence-corrected chi connectivity index (χ4v) is 1.36. The van der Waals surface area contributed by atoms with Crippen molar-refractivity contribution < 1.29 is 9.53 Å². The molecule has 1 N–H and O–H groups in total. The number of cyclic esters (lactones) is 1. The van der Waals surface area contributed by atoms with Crippen LogP contribution in [-0.2, 0) is 4.74 Å². The molecule has 0 aromatic heterocycles. The predicted octanol–water partition coefficient (Wildman–Crippen LogP) is 0.827. The number of nitrogens with one attached hydrogen (secondary N) is 1. The van der Waals surface area contributed by atoms with Gasteiger partial charge in [-0.1, -0.05) is 0 Å².